The van der Waals surface area contributed by atoms with Crippen LogP contribution in [0.3, 0.4) is 0 Å². The number of nitrogens with zero attached hydrogens (tertiary/aromatic N) is 3. The number of ether oxygens (including phenoxy) is 1. The summed E-state index contributed by atoms with van der Waals surface area (Å²) in [5.74, 6) is -0.762. The van der Waals surface area contributed by atoms with E-state index >= 15 is 0 Å². The van der Waals surface area contributed by atoms with Crippen molar-refractivity contribution in [3.63, 3.8) is 0 Å². The number of aromatic nitrogens is 2. The smallest absolute Gasteiger partial charge is 0.355 e. The zero-order valence-corrected chi connectivity index (χ0v) is 18.0. The fourth-order valence-electron chi connectivity index (χ4n) is 4.14. The third-order valence-electron chi connectivity index (χ3n) is 5.67. The Morgan fingerprint density at radius 1 is 1.00 bits per heavy atom. The average Bonchev–Trinajstić information content (AvgIpc) is 3.16. The van der Waals surface area contributed by atoms with Crippen LogP contribution in [-0.4, -0.2) is 45.1 Å². The summed E-state index contributed by atoms with van der Waals surface area (Å²) >= 11 is 0. The van der Waals surface area contributed by atoms with Gasteiger partial charge in [-0.3, -0.25) is 4.79 Å². The molecule has 1 aromatic carbocycles. The highest BCUT2D eigenvalue weighted by atomic mass is 19.1. The lowest BCUT2D eigenvalue weighted by atomic mass is 10.2. The Hall–Kier alpha value is -3.09. The molecule has 2 aromatic heterocycles. The molecule has 1 aliphatic heterocycles. The summed E-state index contributed by atoms with van der Waals surface area (Å²) in [4.78, 5) is 27.8. The number of halogens is 1. The lowest BCUT2D eigenvalue weighted by Gasteiger charge is -2.21. The maximum Gasteiger partial charge on any atom is 0.355 e. The third kappa shape index (κ3) is 4.50. The molecule has 1 saturated heterocycles. The van der Waals surface area contributed by atoms with Crippen molar-refractivity contribution in [3.8, 4) is 5.69 Å². The molecule has 0 bridgehead atoms. The van der Waals surface area contributed by atoms with Crippen LogP contribution in [0.2, 0.25) is 0 Å². The van der Waals surface area contributed by atoms with Crippen LogP contribution in [0.1, 0.15) is 50.0 Å². The van der Waals surface area contributed by atoms with Gasteiger partial charge >= 0.3 is 5.97 Å². The molecule has 1 aliphatic rings. The molecule has 0 unspecified atom stereocenters. The van der Waals surface area contributed by atoms with Crippen molar-refractivity contribution in [2.75, 3.05) is 13.1 Å². The lowest BCUT2D eigenvalue weighted by molar-refractivity contribution is -0.131. The molecule has 164 valence electrons. The Morgan fingerprint density at radius 3 is 2.32 bits per heavy atom. The van der Waals surface area contributed by atoms with Crippen LogP contribution >= 0.6 is 0 Å². The van der Waals surface area contributed by atoms with Gasteiger partial charge in [0.25, 0.3) is 0 Å². The molecule has 4 rings (SSSR count). The van der Waals surface area contributed by atoms with Crippen molar-refractivity contribution in [3.05, 3.63) is 54.1 Å². The van der Waals surface area contributed by atoms with Crippen LogP contribution in [0, 0.1) is 5.82 Å². The molecule has 0 atom stereocenters. The minimum atomic E-state index is -0.458. The first kappa shape index (κ1) is 21.2. The number of hydrogen-bond acceptors (Lipinski definition) is 3. The van der Waals surface area contributed by atoms with Gasteiger partial charge in [0.15, 0.2) is 0 Å². The summed E-state index contributed by atoms with van der Waals surface area (Å²) in [6, 6.07) is 9.78. The minimum Gasteiger partial charge on any atom is -0.458 e. The van der Waals surface area contributed by atoms with Crippen molar-refractivity contribution in [1.82, 2.24) is 14.0 Å². The zero-order chi connectivity index (χ0) is 22.0. The molecule has 0 saturated carbocycles. The predicted molar refractivity (Wildman–Crippen MR) is 117 cm³/mol. The van der Waals surface area contributed by atoms with E-state index in [2.05, 4.69) is 0 Å². The summed E-state index contributed by atoms with van der Waals surface area (Å²) in [7, 11) is 0. The Kier molecular flexibility index (Phi) is 6.11. The molecular formula is C24H28FN3O3. The molecule has 3 aromatic rings. The monoisotopic (exact) mass is 425 g/mol. The highest BCUT2D eigenvalue weighted by Gasteiger charge is 2.24. The van der Waals surface area contributed by atoms with Gasteiger partial charge in [0.1, 0.15) is 18.1 Å². The van der Waals surface area contributed by atoms with Crippen molar-refractivity contribution < 1.29 is 18.7 Å². The van der Waals surface area contributed by atoms with E-state index < -0.39 is 5.97 Å². The minimum absolute atomic E-state index is 0.00697. The molecule has 6 nitrogen and oxygen atoms in total. The molecule has 1 amide bonds. The maximum atomic E-state index is 13.4. The zero-order valence-electron chi connectivity index (χ0n) is 18.0. The van der Waals surface area contributed by atoms with E-state index in [-0.39, 0.29) is 24.4 Å². The van der Waals surface area contributed by atoms with Gasteiger partial charge in [-0.2, -0.15) is 0 Å². The first-order valence-corrected chi connectivity index (χ1v) is 10.9. The second-order valence-electron chi connectivity index (χ2n) is 8.30. The highest BCUT2D eigenvalue weighted by Crippen LogP contribution is 2.26. The number of rotatable bonds is 5. The molecule has 7 heteroatoms. The number of esters is 1. The van der Waals surface area contributed by atoms with Gasteiger partial charge in [0.05, 0.1) is 17.1 Å². The van der Waals surface area contributed by atoms with Crippen molar-refractivity contribution in [1.29, 1.82) is 0 Å². The van der Waals surface area contributed by atoms with Crippen LogP contribution in [0.15, 0.2) is 42.6 Å². The summed E-state index contributed by atoms with van der Waals surface area (Å²) in [6.07, 6.45) is 5.90. The Balaban J connectivity index is 1.73. The predicted octanol–water partition coefficient (Wildman–Crippen LogP) is 4.54. The standard InChI is InChI=1S/C24H28FN3O3/c1-17(2)31-24(30)22-15-21-20(11-14-27(21)19-9-7-18(25)8-10-19)28(22)16-23(29)26-12-5-3-4-6-13-26/h7-11,14-15,17H,3-6,12-13,16H2,1-2H3. The van der Waals surface area contributed by atoms with Crippen molar-refractivity contribution in [2.24, 2.45) is 0 Å². The van der Waals surface area contributed by atoms with E-state index in [0.717, 1.165) is 55.5 Å². The molecule has 1 fully saturated rings. The quantitative estimate of drug-likeness (QED) is 0.564. The first-order valence-electron chi connectivity index (χ1n) is 10.9. The SMILES string of the molecule is CC(C)OC(=O)c1cc2c(ccn2-c2ccc(F)cc2)n1CC(=O)N1CCCCCC1. The van der Waals surface area contributed by atoms with E-state index in [9.17, 15) is 14.0 Å². The van der Waals surface area contributed by atoms with Crippen molar-refractivity contribution in [2.45, 2.75) is 52.2 Å². The van der Waals surface area contributed by atoms with Crippen LogP contribution in [0.5, 0.6) is 0 Å². The molecule has 31 heavy (non-hydrogen) atoms. The largest absolute Gasteiger partial charge is 0.458 e. The molecule has 3 heterocycles. The summed E-state index contributed by atoms with van der Waals surface area (Å²) in [5, 5.41) is 0. The number of fused-ring (bicyclic) bond motifs is 1. The van der Waals surface area contributed by atoms with Crippen LogP contribution in [0.4, 0.5) is 4.39 Å². The van der Waals surface area contributed by atoms with Gasteiger partial charge in [0, 0.05) is 25.0 Å². The maximum absolute atomic E-state index is 13.4. The summed E-state index contributed by atoms with van der Waals surface area (Å²) in [5.41, 5.74) is 2.66. The van der Waals surface area contributed by atoms with Gasteiger partial charge in [-0.15, -0.1) is 0 Å². The van der Waals surface area contributed by atoms with Gasteiger partial charge in [-0.05, 0) is 63.1 Å². The third-order valence-corrected chi connectivity index (χ3v) is 5.67. The van der Waals surface area contributed by atoms with Gasteiger partial charge in [-0.25, -0.2) is 9.18 Å². The van der Waals surface area contributed by atoms with E-state index in [0.29, 0.717) is 5.69 Å². The normalized spacial score (nSPS) is 14.8. The van der Waals surface area contributed by atoms with Gasteiger partial charge in [0.2, 0.25) is 5.91 Å². The number of amides is 1. The summed E-state index contributed by atoms with van der Waals surface area (Å²) < 4.78 is 22.4. The van der Waals surface area contributed by atoms with E-state index in [1.165, 1.54) is 12.1 Å². The molecular weight excluding hydrogens is 397 g/mol. The second kappa shape index (κ2) is 8.96. The van der Waals surface area contributed by atoms with Crippen LogP contribution < -0.4 is 0 Å². The Morgan fingerprint density at radius 2 is 1.68 bits per heavy atom. The topological polar surface area (TPSA) is 56.5 Å². The summed E-state index contributed by atoms with van der Waals surface area (Å²) in [6.45, 7) is 5.19. The number of carbonyl (C=O) groups excluding carboxylic acids is 2. The van der Waals surface area contributed by atoms with Gasteiger partial charge in [-0.1, -0.05) is 12.8 Å². The first-order chi connectivity index (χ1) is 14.9. The number of benzene rings is 1. The van der Waals surface area contributed by atoms with E-state index in [1.54, 1.807) is 36.6 Å². The van der Waals surface area contributed by atoms with E-state index in [4.69, 9.17) is 4.74 Å². The molecule has 0 spiro atoms. The van der Waals surface area contributed by atoms with E-state index in [1.807, 2.05) is 21.7 Å². The highest BCUT2D eigenvalue weighted by molar-refractivity contribution is 5.96. The van der Waals surface area contributed by atoms with Crippen LogP contribution in [-0.2, 0) is 16.1 Å². The molecule has 0 radical (unpaired) electrons. The molecule has 0 N–H and O–H groups in total. The lowest BCUT2D eigenvalue weighted by Crippen LogP contribution is -2.35. The number of likely N-dealkylation sites (tertiary alicyclic amines) is 1. The number of hydrogen-bond donors (Lipinski definition) is 0. The average molecular weight is 426 g/mol. The van der Waals surface area contributed by atoms with Crippen LogP contribution in [0.25, 0.3) is 16.7 Å². The van der Waals surface area contributed by atoms with Gasteiger partial charge < -0.3 is 18.8 Å². The fraction of sp³-hybridized carbons (Fsp3) is 0.417. The second-order valence-corrected chi connectivity index (χ2v) is 8.30. The Bertz CT molecular complexity index is 1070. The fourth-order valence-corrected chi connectivity index (χ4v) is 4.14. The molecule has 0 aliphatic carbocycles. The van der Waals surface area contributed by atoms with Crippen molar-refractivity contribution >= 4 is 22.9 Å². The number of carbonyl (C=O) groups is 2. The Labute approximate surface area is 181 Å².